The fourth-order valence-electron chi connectivity index (χ4n) is 0.829. The number of allylic oxidation sites excluding steroid dienone is 2. The molecule has 0 saturated carbocycles. The third kappa shape index (κ3) is 5.17. The van der Waals surface area contributed by atoms with Crippen molar-refractivity contribution < 1.29 is 19.8 Å². The van der Waals surface area contributed by atoms with Crippen molar-refractivity contribution in [1.29, 1.82) is 0 Å². The zero-order valence-corrected chi connectivity index (χ0v) is 11.9. The number of carbonyl (C=O) groups is 2. The van der Waals surface area contributed by atoms with Gasteiger partial charge in [0.2, 0.25) is 0 Å². The second-order valence-electron chi connectivity index (χ2n) is 6.29. The first-order valence-electron chi connectivity index (χ1n) is 5.76. The monoisotopic (exact) mass is 254 g/mol. The van der Waals surface area contributed by atoms with Gasteiger partial charge in [-0.2, -0.15) is 0 Å². The van der Waals surface area contributed by atoms with E-state index >= 15 is 0 Å². The molecule has 0 heterocycles. The molecule has 0 atom stereocenters. The van der Waals surface area contributed by atoms with Gasteiger partial charge in [-0.25, -0.2) is 0 Å². The molecule has 0 aliphatic heterocycles. The number of ketones is 2. The Bertz CT molecular complexity index is 360. The number of hydrogen-bond donors (Lipinski definition) is 2. The van der Waals surface area contributed by atoms with Gasteiger partial charge in [0.25, 0.3) is 0 Å². The predicted octanol–water partition coefficient (Wildman–Crippen LogP) is 3.10. The van der Waals surface area contributed by atoms with Crippen LogP contribution >= 0.6 is 0 Å². The van der Waals surface area contributed by atoms with Crippen molar-refractivity contribution in [3.05, 3.63) is 23.7 Å². The van der Waals surface area contributed by atoms with Crippen molar-refractivity contribution in [2.45, 2.75) is 41.5 Å². The lowest BCUT2D eigenvalue weighted by molar-refractivity contribution is -0.122. The van der Waals surface area contributed by atoms with Gasteiger partial charge in [0, 0.05) is 23.0 Å². The van der Waals surface area contributed by atoms with Gasteiger partial charge in [-0.05, 0) is 0 Å². The Morgan fingerprint density at radius 3 is 1.11 bits per heavy atom. The van der Waals surface area contributed by atoms with E-state index in [-0.39, 0.29) is 11.6 Å². The molecule has 4 heteroatoms. The van der Waals surface area contributed by atoms with E-state index in [1.807, 2.05) is 0 Å². The first kappa shape index (κ1) is 16.4. The minimum atomic E-state index is -0.650. The van der Waals surface area contributed by atoms with E-state index in [9.17, 15) is 19.8 Å². The third-order valence-corrected chi connectivity index (χ3v) is 2.28. The highest BCUT2D eigenvalue weighted by atomic mass is 16.3. The van der Waals surface area contributed by atoms with E-state index in [0.29, 0.717) is 0 Å². The lowest BCUT2D eigenvalue weighted by Gasteiger charge is -2.15. The number of aliphatic hydroxyl groups is 2. The Kier molecular flexibility index (Phi) is 4.90. The maximum Gasteiger partial charge on any atom is 0.164 e. The largest absolute Gasteiger partial charge is 0.504 e. The normalized spacial score (nSPS) is 14.6. The first-order chi connectivity index (χ1) is 7.85. The molecule has 2 N–H and O–H groups in total. The molecule has 102 valence electrons. The van der Waals surface area contributed by atoms with E-state index in [1.54, 1.807) is 41.5 Å². The van der Waals surface area contributed by atoms with Crippen molar-refractivity contribution in [3.63, 3.8) is 0 Å². The van der Waals surface area contributed by atoms with Crippen molar-refractivity contribution in [3.8, 4) is 0 Å². The van der Waals surface area contributed by atoms with E-state index in [2.05, 4.69) is 0 Å². The molecule has 0 amide bonds. The standard InChI is InChI=1S/C14H22O4/c1-13(2,3)11(17)7-9(15)10(16)8-12(18)14(4,5)6/h7-8,15-16H,1-6H3/b9-7+,10-8+. The van der Waals surface area contributed by atoms with Crippen molar-refractivity contribution in [2.24, 2.45) is 10.8 Å². The molecule has 0 aliphatic carbocycles. The Morgan fingerprint density at radius 1 is 0.722 bits per heavy atom. The zero-order chi connectivity index (χ0) is 14.7. The van der Waals surface area contributed by atoms with Gasteiger partial charge >= 0.3 is 0 Å². The number of carbonyl (C=O) groups excluding carboxylic acids is 2. The molecule has 0 aromatic carbocycles. The molecule has 0 bridgehead atoms. The van der Waals surface area contributed by atoms with Gasteiger partial charge in [-0.1, -0.05) is 41.5 Å². The fraction of sp³-hybridized carbons (Fsp3) is 0.571. The third-order valence-electron chi connectivity index (χ3n) is 2.28. The summed E-state index contributed by atoms with van der Waals surface area (Å²) in [5.41, 5.74) is -1.30. The number of rotatable bonds is 3. The summed E-state index contributed by atoms with van der Waals surface area (Å²) in [6.45, 7) is 10.2. The summed E-state index contributed by atoms with van der Waals surface area (Å²) in [5.74, 6) is -1.84. The zero-order valence-electron chi connectivity index (χ0n) is 11.9. The minimum absolute atomic E-state index is 0.330. The van der Waals surface area contributed by atoms with Gasteiger partial charge in [-0.15, -0.1) is 0 Å². The smallest absolute Gasteiger partial charge is 0.164 e. The van der Waals surface area contributed by atoms with Gasteiger partial charge in [0.1, 0.15) is 0 Å². The molecular weight excluding hydrogens is 232 g/mol. The summed E-state index contributed by atoms with van der Waals surface area (Å²) in [7, 11) is 0. The van der Waals surface area contributed by atoms with Crippen molar-refractivity contribution >= 4 is 11.6 Å². The van der Waals surface area contributed by atoms with Crippen LogP contribution in [0, 0.1) is 10.8 Å². The van der Waals surface area contributed by atoms with Crippen LogP contribution in [0.4, 0.5) is 0 Å². The summed E-state index contributed by atoms with van der Waals surface area (Å²) in [5, 5.41) is 19.1. The van der Waals surface area contributed by atoms with Crippen LogP contribution < -0.4 is 0 Å². The lowest BCUT2D eigenvalue weighted by Crippen LogP contribution is -2.19. The van der Waals surface area contributed by atoms with Crippen LogP contribution in [0.25, 0.3) is 0 Å². The van der Waals surface area contributed by atoms with Crippen LogP contribution in [-0.4, -0.2) is 21.8 Å². The second kappa shape index (κ2) is 5.38. The average Bonchev–Trinajstić information content (AvgIpc) is 2.14. The molecule has 0 aromatic heterocycles. The van der Waals surface area contributed by atoms with Gasteiger partial charge in [0.05, 0.1) is 0 Å². The van der Waals surface area contributed by atoms with E-state index in [4.69, 9.17) is 0 Å². The fourth-order valence-corrected chi connectivity index (χ4v) is 0.829. The summed E-state index contributed by atoms with van der Waals surface area (Å²) < 4.78 is 0. The second-order valence-corrected chi connectivity index (χ2v) is 6.29. The summed E-state index contributed by atoms with van der Waals surface area (Å²) in [4.78, 5) is 23.2. The molecular formula is C14H22O4. The maximum absolute atomic E-state index is 11.6. The Hall–Kier alpha value is -1.58. The van der Waals surface area contributed by atoms with Crippen molar-refractivity contribution in [1.82, 2.24) is 0 Å². The minimum Gasteiger partial charge on any atom is -0.504 e. The van der Waals surface area contributed by atoms with Gasteiger partial charge in [-0.3, -0.25) is 9.59 Å². The Morgan fingerprint density at radius 2 is 0.944 bits per heavy atom. The van der Waals surface area contributed by atoms with Crippen LogP contribution in [0.5, 0.6) is 0 Å². The molecule has 0 fully saturated rings. The molecule has 4 nitrogen and oxygen atoms in total. The van der Waals surface area contributed by atoms with Crippen LogP contribution in [0.2, 0.25) is 0 Å². The molecule has 0 radical (unpaired) electrons. The molecule has 0 spiro atoms. The Labute approximate surface area is 108 Å². The van der Waals surface area contributed by atoms with Crippen LogP contribution in [0.1, 0.15) is 41.5 Å². The van der Waals surface area contributed by atoms with E-state index in [0.717, 1.165) is 12.2 Å². The summed E-state index contributed by atoms with van der Waals surface area (Å²) in [6.07, 6.45) is 1.86. The predicted molar refractivity (Wildman–Crippen MR) is 70.3 cm³/mol. The molecule has 18 heavy (non-hydrogen) atoms. The highest BCUT2D eigenvalue weighted by Gasteiger charge is 2.22. The van der Waals surface area contributed by atoms with E-state index < -0.39 is 22.3 Å². The molecule has 0 aromatic rings. The number of hydrogen-bond acceptors (Lipinski definition) is 4. The maximum atomic E-state index is 11.6. The average molecular weight is 254 g/mol. The number of aliphatic hydroxyl groups excluding tert-OH is 2. The Balaban J connectivity index is 5.08. The molecule has 0 rings (SSSR count). The van der Waals surface area contributed by atoms with Crippen LogP contribution in [-0.2, 0) is 9.59 Å². The summed E-state index contributed by atoms with van der Waals surface area (Å²) >= 11 is 0. The van der Waals surface area contributed by atoms with Crippen molar-refractivity contribution in [2.75, 3.05) is 0 Å². The van der Waals surface area contributed by atoms with Crippen LogP contribution in [0.15, 0.2) is 23.7 Å². The van der Waals surface area contributed by atoms with Crippen LogP contribution in [0.3, 0.4) is 0 Å². The quantitative estimate of drug-likeness (QED) is 0.461. The van der Waals surface area contributed by atoms with Gasteiger partial charge < -0.3 is 10.2 Å². The summed E-state index contributed by atoms with van der Waals surface area (Å²) in [6, 6.07) is 0. The topological polar surface area (TPSA) is 74.6 Å². The van der Waals surface area contributed by atoms with Gasteiger partial charge in [0.15, 0.2) is 23.1 Å². The molecule has 0 unspecified atom stereocenters. The molecule has 0 aliphatic rings. The first-order valence-corrected chi connectivity index (χ1v) is 5.76. The SMILES string of the molecule is CC(C)(C)C(=O)/C=C(O)\C(O)=C/C(=O)C(C)(C)C. The van der Waals surface area contributed by atoms with E-state index in [1.165, 1.54) is 0 Å². The highest BCUT2D eigenvalue weighted by molar-refractivity contribution is 5.96. The molecule has 0 saturated heterocycles. The highest BCUT2D eigenvalue weighted by Crippen LogP contribution is 2.19. The lowest BCUT2D eigenvalue weighted by atomic mass is 9.89.